The number of hydrogen-bond acceptors (Lipinski definition) is 3. The molecule has 1 amide bonds. The number of aliphatic hydroxyl groups is 1. The summed E-state index contributed by atoms with van der Waals surface area (Å²) in [5, 5.41) is 11.6. The number of nitrogens with one attached hydrogen (secondary N) is 1. The van der Waals surface area contributed by atoms with E-state index in [1.807, 2.05) is 51.1 Å². The fraction of sp³-hybridized carbons (Fsp3) is 0.438. The fourth-order valence-corrected chi connectivity index (χ4v) is 1.72. The van der Waals surface area contributed by atoms with Crippen LogP contribution in [0.3, 0.4) is 0 Å². The molecule has 0 atom stereocenters. The van der Waals surface area contributed by atoms with Gasteiger partial charge in [-0.15, -0.1) is 0 Å². The van der Waals surface area contributed by atoms with Crippen molar-refractivity contribution in [1.82, 2.24) is 5.32 Å². The van der Waals surface area contributed by atoms with Gasteiger partial charge < -0.3 is 15.2 Å². The minimum Gasteiger partial charge on any atom is -0.444 e. The lowest BCUT2D eigenvalue weighted by Crippen LogP contribution is -2.33. The predicted octanol–water partition coefficient (Wildman–Crippen LogP) is 2.76. The zero-order valence-electron chi connectivity index (χ0n) is 12.3. The molecule has 1 aromatic rings. The van der Waals surface area contributed by atoms with Gasteiger partial charge in [-0.2, -0.15) is 0 Å². The molecule has 0 radical (unpaired) electrons. The summed E-state index contributed by atoms with van der Waals surface area (Å²) in [6, 6.07) is 7.89. The summed E-state index contributed by atoms with van der Waals surface area (Å²) < 4.78 is 5.17. The number of ether oxygens (including phenoxy) is 1. The number of benzene rings is 1. The molecule has 0 saturated carbocycles. The van der Waals surface area contributed by atoms with Crippen LogP contribution in [-0.4, -0.2) is 30.0 Å². The van der Waals surface area contributed by atoms with Crippen LogP contribution in [-0.2, 0) is 11.2 Å². The minimum absolute atomic E-state index is 0.0183. The lowest BCUT2D eigenvalue weighted by molar-refractivity contribution is 0.0528. The van der Waals surface area contributed by atoms with Crippen molar-refractivity contribution in [2.45, 2.75) is 32.8 Å². The Hall–Kier alpha value is -1.81. The molecule has 4 heteroatoms. The molecule has 0 saturated heterocycles. The normalized spacial score (nSPS) is 11.6. The van der Waals surface area contributed by atoms with Crippen molar-refractivity contribution in [3.63, 3.8) is 0 Å². The maximum Gasteiger partial charge on any atom is 0.407 e. The number of alkyl carbamates (subject to hydrolysis) is 1. The predicted molar refractivity (Wildman–Crippen MR) is 80.5 cm³/mol. The second-order valence-electron chi connectivity index (χ2n) is 5.46. The molecule has 4 nitrogen and oxygen atoms in total. The minimum atomic E-state index is -0.480. The maximum atomic E-state index is 11.5. The average molecular weight is 277 g/mol. The molecule has 0 aliphatic rings. The van der Waals surface area contributed by atoms with E-state index >= 15 is 0 Å². The first-order chi connectivity index (χ1) is 9.42. The molecule has 2 N–H and O–H groups in total. The van der Waals surface area contributed by atoms with Gasteiger partial charge in [-0.3, -0.25) is 0 Å². The average Bonchev–Trinajstić information content (AvgIpc) is 2.35. The van der Waals surface area contributed by atoms with Crippen LogP contribution < -0.4 is 5.32 Å². The molecule has 1 aromatic carbocycles. The summed E-state index contributed by atoms with van der Waals surface area (Å²) >= 11 is 0. The standard InChI is InChI=1S/C16H23NO3/c1-16(2,3)20-15(19)17-11-10-14-8-5-4-7-13(14)9-6-12-18/h4-9,18H,10-12H2,1-3H3,(H,17,19)/b9-6+. The summed E-state index contributed by atoms with van der Waals surface area (Å²) in [6.07, 6.45) is 3.88. The highest BCUT2D eigenvalue weighted by atomic mass is 16.6. The van der Waals surface area contributed by atoms with Gasteiger partial charge in [0.15, 0.2) is 0 Å². The Labute approximate surface area is 120 Å². The molecule has 0 spiro atoms. The third-order valence-electron chi connectivity index (χ3n) is 2.52. The first-order valence-electron chi connectivity index (χ1n) is 6.74. The van der Waals surface area contributed by atoms with E-state index in [-0.39, 0.29) is 6.61 Å². The monoisotopic (exact) mass is 277 g/mol. The van der Waals surface area contributed by atoms with Crippen molar-refractivity contribution in [2.24, 2.45) is 0 Å². The van der Waals surface area contributed by atoms with E-state index in [0.717, 1.165) is 11.1 Å². The molecule has 0 heterocycles. The van der Waals surface area contributed by atoms with E-state index < -0.39 is 11.7 Å². The molecule has 0 unspecified atom stereocenters. The van der Waals surface area contributed by atoms with Crippen molar-refractivity contribution in [3.8, 4) is 0 Å². The van der Waals surface area contributed by atoms with Crippen LogP contribution in [0.5, 0.6) is 0 Å². The Bertz CT molecular complexity index is 461. The molecule has 110 valence electrons. The highest BCUT2D eigenvalue weighted by Gasteiger charge is 2.15. The molecule has 1 rings (SSSR count). The fourth-order valence-electron chi connectivity index (χ4n) is 1.72. The van der Waals surface area contributed by atoms with Crippen LogP contribution in [0.1, 0.15) is 31.9 Å². The lowest BCUT2D eigenvalue weighted by Gasteiger charge is -2.19. The van der Waals surface area contributed by atoms with Gasteiger partial charge in [0.1, 0.15) is 5.60 Å². The van der Waals surface area contributed by atoms with E-state index in [1.165, 1.54) is 0 Å². The van der Waals surface area contributed by atoms with Crippen LogP contribution in [0, 0.1) is 0 Å². The quantitative estimate of drug-likeness (QED) is 0.870. The van der Waals surface area contributed by atoms with Crippen molar-refractivity contribution in [3.05, 3.63) is 41.5 Å². The first kappa shape index (κ1) is 16.2. The van der Waals surface area contributed by atoms with E-state index in [9.17, 15) is 4.79 Å². The van der Waals surface area contributed by atoms with E-state index in [1.54, 1.807) is 6.08 Å². The lowest BCUT2D eigenvalue weighted by atomic mass is 10.0. The van der Waals surface area contributed by atoms with Crippen LogP contribution in [0.25, 0.3) is 6.08 Å². The maximum absolute atomic E-state index is 11.5. The summed E-state index contributed by atoms with van der Waals surface area (Å²) in [5.74, 6) is 0. The number of carbonyl (C=O) groups excluding carboxylic acids is 1. The second-order valence-corrected chi connectivity index (χ2v) is 5.46. The van der Waals surface area contributed by atoms with Gasteiger partial charge in [0.25, 0.3) is 0 Å². The molecule has 0 aliphatic heterocycles. The van der Waals surface area contributed by atoms with Gasteiger partial charge in [-0.25, -0.2) is 4.79 Å². The van der Waals surface area contributed by atoms with Gasteiger partial charge >= 0.3 is 6.09 Å². The van der Waals surface area contributed by atoms with Crippen molar-refractivity contribution in [1.29, 1.82) is 0 Å². The Morgan fingerprint density at radius 1 is 1.35 bits per heavy atom. The van der Waals surface area contributed by atoms with E-state index in [2.05, 4.69) is 5.32 Å². The summed E-state index contributed by atoms with van der Waals surface area (Å²) in [7, 11) is 0. The van der Waals surface area contributed by atoms with Gasteiger partial charge in [-0.05, 0) is 38.3 Å². The van der Waals surface area contributed by atoms with Crippen molar-refractivity contribution >= 4 is 12.2 Å². The largest absolute Gasteiger partial charge is 0.444 e. The first-order valence-corrected chi connectivity index (χ1v) is 6.74. The van der Waals surface area contributed by atoms with E-state index in [0.29, 0.717) is 13.0 Å². The number of rotatable bonds is 5. The summed E-state index contributed by atoms with van der Waals surface area (Å²) in [6.45, 7) is 6.04. The van der Waals surface area contributed by atoms with Gasteiger partial charge in [0, 0.05) is 6.54 Å². The van der Waals surface area contributed by atoms with Gasteiger partial charge in [0.2, 0.25) is 0 Å². The zero-order chi connectivity index (χ0) is 15.0. The topological polar surface area (TPSA) is 58.6 Å². The third kappa shape index (κ3) is 6.38. The Morgan fingerprint density at radius 3 is 2.70 bits per heavy atom. The number of hydrogen-bond donors (Lipinski definition) is 2. The molecule has 0 aliphatic carbocycles. The molecular weight excluding hydrogens is 254 g/mol. The number of carbonyl (C=O) groups is 1. The number of amides is 1. The van der Waals surface area contributed by atoms with Gasteiger partial charge in [0.05, 0.1) is 6.61 Å². The third-order valence-corrected chi connectivity index (χ3v) is 2.52. The van der Waals surface area contributed by atoms with Crippen molar-refractivity contribution < 1.29 is 14.6 Å². The Morgan fingerprint density at radius 2 is 2.05 bits per heavy atom. The summed E-state index contributed by atoms with van der Waals surface area (Å²) in [5.41, 5.74) is 1.69. The zero-order valence-corrected chi connectivity index (χ0v) is 12.3. The second kappa shape index (κ2) is 7.70. The molecule has 0 fully saturated rings. The van der Waals surface area contributed by atoms with E-state index in [4.69, 9.17) is 9.84 Å². The Balaban J connectivity index is 2.50. The summed E-state index contributed by atoms with van der Waals surface area (Å²) in [4.78, 5) is 11.5. The SMILES string of the molecule is CC(C)(C)OC(=O)NCCc1ccccc1/C=C/CO. The highest BCUT2D eigenvalue weighted by Crippen LogP contribution is 2.11. The smallest absolute Gasteiger partial charge is 0.407 e. The Kier molecular flexibility index (Phi) is 6.25. The van der Waals surface area contributed by atoms with Crippen LogP contribution in [0.15, 0.2) is 30.3 Å². The van der Waals surface area contributed by atoms with Crippen molar-refractivity contribution in [2.75, 3.05) is 13.2 Å². The molecule has 20 heavy (non-hydrogen) atoms. The van der Waals surface area contributed by atoms with Crippen LogP contribution in [0.2, 0.25) is 0 Å². The molecule has 0 bridgehead atoms. The van der Waals surface area contributed by atoms with Gasteiger partial charge in [-0.1, -0.05) is 36.4 Å². The molecule has 0 aromatic heterocycles. The van der Waals surface area contributed by atoms with Crippen LogP contribution >= 0.6 is 0 Å². The molecular formula is C16H23NO3. The highest BCUT2D eigenvalue weighted by molar-refractivity contribution is 5.67. The number of aliphatic hydroxyl groups excluding tert-OH is 1. The van der Waals surface area contributed by atoms with Crippen LogP contribution in [0.4, 0.5) is 4.79 Å².